The Hall–Kier alpha value is -2.47. The van der Waals surface area contributed by atoms with E-state index in [-0.39, 0.29) is 12.4 Å². The first-order valence-corrected chi connectivity index (χ1v) is 10.2. The fourth-order valence-corrected chi connectivity index (χ4v) is 3.81. The van der Waals surface area contributed by atoms with Gasteiger partial charge in [0.05, 0.1) is 17.2 Å². The summed E-state index contributed by atoms with van der Waals surface area (Å²) < 4.78 is 12.9. The molecule has 5 nitrogen and oxygen atoms in total. The molecule has 0 radical (unpaired) electrons. The summed E-state index contributed by atoms with van der Waals surface area (Å²) in [6, 6.07) is 10.4. The van der Waals surface area contributed by atoms with Gasteiger partial charge in [-0.1, -0.05) is 46.9 Å². The minimum Gasteiger partial charge on any atom is -0.496 e. The van der Waals surface area contributed by atoms with Gasteiger partial charge in [-0.25, -0.2) is 0 Å². The fraction of sp³-hybridized carbons (Fsp3) is 0.182. The average Bonchev–Trinajstić information content (AvgIpc) is 3.20. The first-order valence-electron chi connectivity index (χ1n) is 9.11. The molecule has 3 aromatic rings. The van der Waals surface area contributed by atoms with E-state index in [0.29, 0.717) is 38.8 Å². The van der Waals surface area contributed by atoms with Crippen LogP contribution in [0.3, 0.4) is 0 Å². The van der Waals surface area contributed by atoms with Crippen molar-refractivity contribution in [3.8, 4) is 11.5 Å². The van der Waals surface area contributed by atoms with Gasteiger partial charge >= 0.3 is 0 Å². The highest BCUT2D eigenvalue weighted by Gasteiger charge is 2.12. The second kappa shape index (κ2) is 10.0. The topological polar surface area (TPSA) is 53.4 Å². The Balaban J connectivity index is 1.79. The van der Waals surface area contributed by atoms with E-state index in [0.717, 1.165) is 11.1 Å². The molecule has 1 heterocycles. The number of ketones is 1. The Labute approximate surface area is 189 Å². The lowest BCUT2D eigenvalue weighted by molar-refractivity contribution is 0.103. The molecule has 156 valence electrons. The molecule has 8 heteroatoms. The van der Waals surface area contributed by atoms with Gasteiger partial charge < -0.3 is 9.47 Å². The van der Waals surface area contributed by atoms with Crippen molar-refractivity contribution in [1.29, 1.82) is 0 Å². The van der Waals surface area contributed by atoms with E-state index >= 15 is 0 Å². The largest absolute Gasteiger partial charge is 0.496 e. The highest BCUT2D eigenvalue weighted by atomic mass is 35.5. The van der Waals surface area contributed by atoms with Crippen LogP contribution in [0.2, 0.25) is 15.1 Å². The third kappa shape index (κ3) is 5.17. The average molecular weight is 466 g/mol. The van der Waals surface area contributed by atoms with Crippen LogP contribution in [0.25, 0.3) is 6.08 Å². The number of nitrogens with zero attached hydrogens (tertiary/aromatic N) is 2. The summed E-state index contributed by atoms with van der Waals surface area (Å²) in [5.74, 6) is 0.861. The van der Waals surface area contributed by atoms with Gasteiger partial charge in [-0.3, -0.25) is 9.48 Å². The molecule has 0 spiro atoms. The van der Waals surface area contributed by atoms with E-state index in [1.165, 1.54) is 6.08 Å². The van der Waals surface area contributed by atoms with Crippen LogP contribution in [0.4, 0.5) is 0 Å². The maximum Gasteiger partial charge on any atom is 0.203 e. The number of carbonyl (C=O) groups excluding carboxylic acids is 1. The molecule has 0 bridgehead atoms. The predicted molar refractivity (Wildman–Crippen MR) is 120 cm³/mol. The Morgan fingerprint density at radius 2 is 1.87 bits per heavy atom. The van der Waals surface area contributed by atoms with Crippen LogP contribution < -0.4 is 9.47 Å². The second-order valence-electron chi connectivity index (χ2n) is 6.29. The van der Waals surface area contributed by atoms with Crippen molar-refractivity contribution >= 4 is 46.7 Å². The van der Waals surface area contributed by atoms with Crippen molar-refractivity contribution in [1.82, 2.24) is 9.78 Å². The number of hydrogen-bond acceptors (Lipinski definition) is 4. The normalized spacial score (nSPS) is 11.1. The lowest BCUT2D eigenvalue weighted by atomic mass is 10.1. The van der Waals surface area contributed by atoms with Crippen molar-refractivity contribution in [2.45, 2.75) is 20.1 Å². The summed E-state index contributed by atoms with van der Waals surface area (Å²) in [6.45, 7) is 2.73. The Bertz CT molecular complexity index is 1070. The highest BCUT2D eigenvalue weighted by Crippen LogP contribution is 2.36. The molecule has 0 aliphatic carbocycles. The first kappa shape index (κ1) is 22.2. The predicted octanol–water partition coefficient (Wildman–Crippen LogP) is 6.35. The molecular formula is C22H19Cl3N2O3. The molecule has 2 aromatic carbocycles. The van der Waals surface area contributed by atoms with E-state index < -0.39 is 0 Å². The molecular weight excluding hydrogens is 447 g/mol. The van der Waals surface area contributed by atoms with Crippen LogP contribution in [0.5, 0.6) is 11.5 Å². The molecule has 30 heavy (non-hydrogen) atoms. The number of halogens is 3. The van der Waals surface area contributed by atoms with Gasteiger partial charge in [0.1, 0.15) is 18.1 Å². The molecule has 1 aromatic heterocycles. The van der Waals surface area contributed by atoms with Gasteiger partial charge in [0.2, 0.25) is 5.78 Å². The summed E-state index contributed by atoms with van der Waals surface area (Å²) in [6.07, 6.45) is 4.86. The summed E-state index contributed by atoms with van der Waals surface area (Å²) >= 11 is 18.3. The quantitative estimate of drug-likeness (QED) is 0.287. The van der Waals surface area contributed by atoms with Crippen molar-refractivity contribution < 1.29 is 14.3 Å². The standard InChI is InChI=1S/C22H19Cl3N2O3/c1-3-27-19(8-9-26-27)20(28)6-4-14-5-7-21(29-2)15(10-14)13-30-22-17(24)11-16(23)12-18(22)25/h4-12H,3,13H2,1-2H3/b6-4+. The number of allylic oxidation sites excluding steroid dienone is 1. The molecule has 0 amide bonds. The van der Waals surface area contributed by atoms with Crippen LogP contribution in [0, 0.1) is 0 Å². The molecule has 0 N–H and O–H groups in total. The number of aryl methyl sites for hydroxylation is 1. The van der Waals surface area contributed by atoms with Gasteiger partial charge in [0, 0.05) is 23.3 Å². The molecule has 0 fully saturated rings. The lowest BCUT2D eigenvalue weighted by Gasteiger charge is -2.13. The van der Waals surface area contributed by atoms with E-state index in [9.17, 15) is 4.79 Å². The number of rotatable bonds is 8. The minimum atomic E-state index is -0.123. The minimum absolute atomic E-state index is 0.123. The van der Waals surface area contributed by atoms with Crippen molar-refractivity contribution in [3.63, 3.8) is 0 Å². The summed E-state index contributed by atoms with van der Waals surface area (Å²) in [7, 11) is 1.58. The van der Waals surface area contributed by atoms with Crippen LogP contribution in [-0.4, -0.2) is 22.7 Å². The monoisotopic (exact) mass is 464 g/mol. The maximum absolute atomic E-state index is 12.4. The molecule has 3 rings (SSSR count). The molecule has 0 saturated heterocycles. The van der Waals surface area contributed by atoms with Crippen molar-refractivity contribution in [2.75, 3.05) is 7.11 Å². The van der Waals surface area contributed by atoms with Crippen LogP contribution >= 0.6 is 34.8 Å². The number of ether oxygens (including phenoxy) is 2. The number of hydrogen-bond donors (Lipinski definition) is 0. The van der Waals surface area contributed by atoms with Gasteiger partial charge in [-0.05, 0) is 48.9 Å². The summed E-state index contributed by atoms with van der Waals surface area (Å²) in [4.78, 5) is 12.4. The smallest absolute Gasteiger partial charge is 0.203 e. The fourth-order valence-electron chi connectivity index (χ4n) is 2.88. The lowest BCUT2D eigenvalue weighted by Crippen LogP contribution is -2.07. The third-order valence-corrected chi connectivity index (χ3v) is 5.11. The van der Waals surface area contributed by atoms with Gasteiger partial charge in [0.15, 0.2) is 5.75 Å². The summed E-state index contributed by atoms with van der Waals surface area (Å²) in [5.41, 5.74) is 2.13. The maximum atomic E-state index is 12.4. The summed E-state index contributed by atoms with van der Waals surface area (Å²) in [5, 5.41) is 5.19. The number of methoxy groups -OCH3 is 1. The van der Waals surface area contributed by atoms with Crippen LogP contribution in [0.15, 0.2) is 48.7 Å². The van der Waals surface area contributed by atoms with Crippen molar-refractivity contribution in [3.05, 3.63) is 80.6 Å². The van der Waals surface area contributed by atoms with E-state index in [2.05, 4.69) is 5.10 Å². The SMILES string of the molecule is CCn1nccc1C(=O)/C=C/c1ccc(OC)c(COc2c(Cl)cc(Cl)cc2Cl)c1. The zero-order valence-electron chi connectivity index (χ0n) is 16.4. The Kier molecular flexibility index (Phi) is 7.43. The van der Waals surface area contributed by atoms with Gasteiger partial charge in [-0.15, -0.1) is 0 Å². The Morgan fingerprint density at radius 1 is 1.13 bits per heavy atom. The molecule has 0 aliphatic rings. The van der Waals surface area contributed by atoms with E-state index in [1.54, 1.807) is 42.3 Å². The highest BCUT2D eigenvalue weighted by molar-refractivity contribution is 6.40. The second-order valence-corrected chi connectivity index (χ2v) is 7.54. The molecule has 0 unspecified atom stereocenters. The third-order valence-electron chi connectivity index (χ3n) is 4.34. The van der Waals surface area contributed by atoms with Crippen LogP contribution in [-0.2, 0) is 13.2 Å². The number of carbonyl (C=O) groups is 1. The van der Waals surface area contributed by atoms with Crippen molar-refractivity contribution in [2.24, 2.45) is 0 Å². The van der Waals surface area contributed by atoms with Crippen LogP contribution in [0.1, 0.15) is 28.5 Å². The zero-order valence-corrected chi connectivity index (χ0v) is 18.6. The molecule has 0 aliphatic heterocycles. The van der Waals surface area contributed by atoms with Gasteiger partial charge in [-0.2, -0.15) is 5.10 Å². The van der Waals surface area contributed by atoms with E-state index in [4.69, 9.17) is 44.3 Å². The van der Waals surface area contributed by atoms with Gasteiger partial charge in [0.25, 0.3) is 0 Å². The number of benzene rings is 2. The molecule has 0 atom stereocenters. The zero-order chi connectivity index (χ0) is 21.7. The number of aromatic nitrogens is 2. The molecule has 0 saturated carbocycles. The van der Waals surface area contributed by atoms with E-state index in [1.807, 2.05) is 25.1 Å². The first-order chi connectivity index (χ1) is 14.4. The Morgan fingerprint density at radius 3 is 2.53 bits per heavy atom.